The molecular formula is C16H15NO3. The number of Topliss-reactive ketones (excluding diaryl/α,β-unsaturated/α-hetero) is 1. The van der Waals surface area contributed by atoms with Crippen molar-refractivity contribution in [1.82, 2.24) is 4.98 Å². The maximum absolute atomic E-state index is 12.0. The molecule has 102 valence electrons. The first kappa shape index (κ1) is 13.9. The van der Waals surface area contributed by atoms with Gasteiger partial charge >= 0.3 is 5.97 Å². The predicted molar refractivity (Wildman–Crippen MR) is 74.5 cm³/mol. The van der Waals surface area contributed by atoms with Crippen molar-refractivity contribution in [2.45, 2.75) is 20.0 Å². The second-order valence-corrected chi connectivity index (χ2v) is 4.44. The van der Waals surface area contributed by atoms with Crippen molar-refractivity contribution in [3.63, 3.8) is 0 Å². The second-order valence-electron chi connectivity index (χ2n) is 4.44. The van der Waals surface area contributed by atoms with E-state index < -0.39 is 12.1 Å². The van der Waals surface area contributed by atoms with Gasteiger partial charge in [-0.3, -0.25) is 9.78 Å². The number of carbonyl (C=O) groups is 2. The zero-order valence-electron chi connectivity index (χ0n) is 11.4. The number of hydrogen-bond donors (Lipinski definition) is 0. The van der Waals surface area contributed by atoms with E-state index in [1.54, 1.807) is 49.5 Å². The quantitative estimate of drug-likeness (QED) is 0.631. The molecule has 2 rings (SSSR count). The van der Waals surface area contributed by atoms with Crippen LogP contribution in [0.1, 0.15) is 46.4 Å². The van der Waals surface area contributed by atoms with Crippen LogP contribution in [0.3, 0.4) is 0 Å². The molecule has 0 aliphatic heterocycles. The molecule has 0 saturated carbocycles. The van der Waals surface area contributed by atoms with Gasteiger partial charge in [0, 0.05) is 11.8 Å². The summed E-state index contributed by atoms with van der Waals surface area (Å²) in [5.41, 5.74) is 1.68. The Morgan fingerprint density at radius 2 is 1.70 bits per heavy atom. The minimum atomic E-state index is -0.432. The fourth-order valence-corrected chi connectivity index (χ4v) is 1.75. The summed E-state index contributed by atoms with van der Waals surface area (Å²) in [5, 5.41) is 0. The Bertz CT molecular complexity index is 605. The molecule has 0 N–H and O–H groups in total. The molecule has 0 bridgehead atoms. The predicted octanol–water partition coefficient (Wildman–Crippen LogP) is 3.20. The highest BCUT2D eigenvalue weighted by atomic mass is 16.5. The maximum atomic E-state index is 12.0. The fourth-order valence-electron chi connectivity index (χ4n) is 1.75. The van der Waals surface area contributed by atoms with E-state index in [4.69, 9.17) is 4.74 Å². The average molecular weight is 269 g/mol. The second kappa shape index (κ2) is 6.10. The van der Waals surface area contributed by atoms with Crippen LogP contribution in [0, 0.1) is 0 Å². The topological polar surface area (TPSA) is 56.3 Å². The van der Waals surface area contributed by atoms with Crippen LogP contribution in [0.15, 0.2) is 48.7 Å². The Morgan fingerprint density at radius 1 is 1.05 bits per heavy atom. The molecule has 1 heterocycles. The Hall–Kier alpha value is -2.49. The number of rotatable bonds is 4. The van der Waals surface area contributed by atoms with Crippen LogP contribution in [-0.2, 0) is 4.74 Å². The van der Waals surface area contributed by atoms with E-state index in [0.29, 0.717) is 16.8 Å². The van der Waals surface area contributed by atoms with Crippen molar-refractivity contribution in [3.05, 3.63) is 65.5 Å². The number of esters is 1. The molecule has 4 nitrogen and oxygen atoms in total. The van der Waals surface area contributed by atoms with E-state index in [9.17, 15) is 9.59 Å². The minimum Gasteiger partial charge on any atom is -0.453 e. The summed E-state index contributed by atoms with van der Waals surface area (Å²) in [6.45, 7) is 3.25. The molecule has 0 aliphatic carbocycles. The molecule has 1 aromatic heterocycles. The van der Waals surface area contributed by atoms with Gasteiger partial charge in [-0.1, -0.05) is 18.2 Å². The molecule has 4 heteroatoms. The number of aromatic nitrogens is 1. The van der Waals surface area contributed by atoms with Gasteiger partial charge in [0.15, 0.2) is 5.78 Å². The van der Waals surface area contributed by atoms with Gasteiger partial charge in [0.2, 0.25) is 0 Å². The molecule has 1 atom stereocenters. The number of ether oxygens (including phenoxy) is 1. The number of carbonyl (C=O) groups excluding carboxylic acids is 2. The standard InChI is InChI=1S/C16H15NO3/c1-11(18)13-6-8-14(9-7-13)16(19)20-12(2)15-5-3-4-10-17-15/h3-10,12H,1-2H3. The van der Waals surface area contributed by atoms with Crippen LogP contribution in [0.25, 0.3) is 0 Å². The lowest BCUT2D eigenvalue weighted by Crippen LogP contribution is -2.10. The van der Waals surface area contributed by atoms with E-state index >= 15 is 0 Å². The van der Waals surface area contributed by atoms with Crippen molar-refractivity contribution in [1.29, 1.82) is 0 Å². The van der Waals surface area contributed by atoms with Gasteiger partial charge in [-0.2, -0.15) is 0 Å². The normalized spacial score (nSPS) is 11.7. The molecule has 0 aliphatic rings. The summed E-state index contributed by atoms with van der Waals surface area (Å²) in [5.74, 6) is -0.468. The molecule has 1 aromatic carbocycles. The van der Waals surface area contributed by atoms with Crippen molar-refractivity contribution < 1.29 is 14.3 Å². The first-order valence-corrected chi connectivity index (χ1v) is 6.31. The average Bonchev–Trinajstić information content (AvgIpc) is 2.48. The van der Waals surface area contributed by atoms with Gasteiger partial charge in [-0.05, 0) is 38.1 Å². The van der Waals surface area contributed by atoms with Gasteiger partial charge in [-0.25, -0.2) is 4.79 Å². The monoisotopic (exact) mass is 269 g/mol. The summed E-state index contributed by atoms with van der Waals surface area (Å²) in [4.78, 5) is 27.3. The van der Waals surface area contributed by atoms with E-state index in [-0.39, 0.29) is 5.78 Å². The number of hydrogen-bond acceptors (Lipinski definition) is 4. The van der Waals surface area contributed by atoms with Gasteiger partial charge in [0.25, 0.3) is 0 Å². The van der Waals surface area contributed by atoms with Gasteiger partial charge in [-0.15, -0.1) is 0 Å². The van der Waals surface area contributed by atoms with E-state index in [0.717, 1.165) is 0 Å². The van der Waals surface area contributed by atoms with Crippen molar-refractivity contribution in [2.24, 2.45) is 0 Å². The molecule has 0 radical (unpaired) electrons. The molecular weight excluding hydrogens is 254 g/mol. The van der Waals surface area contributed by atoms with Crippen LogP contribution in [0.5, 0.6) is 0 Å². The van der Waals surface area contributed by atoms with Crippen molar-refractivity contribution >= 4 is 11.8 Å². The third-order valence-electron chi connectivity index (χ3n) is 2.92. The largest absolute Gasteiger partial charge is 0.453 e. The third-order valence-corrected chi connectivity index (χ3v) is 2.92. The highest BCUT2D eigenvalue weighted by molar-refractivity contribution is 5.96. The smallest absolute Gasteiger partial charge is 0.338 e. The third kappa shape index (κ3) is 3.29. The highest BCUT2D eigenvalue weighted by Crippen LogP contribution is 2.16. The summed E-state index contributed by atoms with van der Waals surface area (Å²) < 4.78 is 5.34. The number of pyridine rings is 1. The Kier molecular flexibility index (Phi) is 4.25. The number of benzene rings is 1. The summed E-state index contributed by atoms with van der Waals surface area (Å²) in [6, 6.07) is 11.9. The molecule has 1 unspecified atom stereocenters. The molecule has 0 saturated heterocycles. The first-order chi connectivity index (χ1) is 9.58. The van der Waals surface area contributed by atoms with Crippen LogP contribution in [0.4, 0.5) is 0 Å². The van der Waals surface area contributed by atoms with Gasteiger partial charge in [0.05, 0.1) is 11.3 Å². The van der Waals surface area contributed by atoms with Crippen LogP contribution in [0.2, 0.25) is 0 Å². The molecule has 0 spiro atoms. The SMILES string of the molecule is CC(=O)c1ccc(C(=O)OC(C)c2ccccn2)cc1. The Morgan fingerprint density at radius 3 is 2.25 bits per heavy atom. The van der Waals surface area contributed by atoms with E-state index in [1.165, 1.54) is 6.92 Å². The maximum Gasteiger partial charge on any atom is 0.338 e. The zero-order valence-corrected chi connectivity index (χ0v) is 11.4. The molecule has 20 heavy (non-hydrogen) atoms. The summed E-state index contributed by atoms with van der Waals surface area (Å²) >= 11 is 0. The lowest BCUT2D eigenvalue weighted by atomic mass is 10.1. The van der Waals surface area contributed by atoms with E-state index in [1.807, 2.05) is 6.07 Å². The van der Waals surface area contributed by atoms with Gasteiger partial charge in [0.1, 0.15) is 6.10 Å². The van der Waals surface area contributed by atoms with Crippen LogP contribution < -0.4 is 0 Å². The van der Waals surface area contributed by atoms with Gasteiger partial charge < -0.3 is 4.74 Å². The summed E-state index contributed by atoms with van der Waals surface area (Å²) in [7, 11) is 0. The van der Waals surface area contributed by atoms with E-state index in [2.05, 4.69) is 4.98 Å². The number of nitrogens with zero attached hydrogens (tertiary/aromatic N) is 1. The van der Waals surface area contributed by atoms with Crippen molar-refractivity contribution in [3.8, 4) is 0 Å². The van der Waals surface area contributed by atoms with Crippen molar-refractivity contribution in [2.75, 3.05) is 0 Å². The van der Waals surface area contributed by atoms with Crippen LogP contribution in [-0.4, -0.2) is 16.7 Å². The fraction of sp³-hybridized carbons (Fsp3) is 0.188. The molecule has 2 aromatic rings. The highest BCUT2D eigenvalue weighted by Gasteiger charge is 2.14. The number of ketones is 1. The Balaban J connectivity index is 2.06. The lowest BCUT2D eigenvalue weighted by Gasteiger charge is -2.12. The summed E-state index contributed by atoms with van der Waals surface area (Å²) in [6.07, 6.45) is 1.23. The minimum absolute atomic E-state index is 0.0354. The van der Waals surface area contributed by atoms with Crippen LogP contribution >= 0.6 is 0 Å². The molecule has 0 fully saturated rings. The Labute approximate surface area is 117 Å². The lowest BCUT2D eigenvalue weighted by molar-refractivity contribution is 0.0329. The first-order valence-electron chi connectivity index (χ1n) is 6.31. The zero-order chi connectivity index (χ0) is 14.5. The molecule has 0 amide bonds.